The molecule has 0 aliphatic rings. The Morgan fingerprint density at radius 2 is 2.25 bits per heavy atom. The molecule has 1 N–H and O–H groups in total. The molecule has 20 heavy (non-hydrogen) atoms. The van der Waals surface area contributed by atoms with Gasteiger partial charge in [-0.3, -0.25) is 9.48 Å². The Labute approximate surface area is 123 Å². The van der Waals surface area contributed by atoms with Gasteiger partial charge in [0, 0.05) is 29.3 Å². The maximum atomic E-state index is 11.9. The van der Waals surface area contributed by atoms with Crippen LogP contribution in [0, 0.1) is 13.8 Å². The summed E-state index contributed by atoms with van der Waals surface area (Å²) in [4.78, 5) is 13.1. The first-order chi connectivity index (χ1) is 9.49. The molecule has 2 aromatic heterocycles. The van der Waals surface area contributed by atoms with Gasteiger partial charge in [0.05, 0.1) is 11.7 Å². The van der Waals surface area contributed by atoms with E-state index in [9.17, 15) is 4.79 Å². The van der Waals surface area contributed by atoms with Crippen molar-refractivity contribution in [1.82, 2.24) is 15.1 Å². The molecule has 0 aliphatic heterocycles. The summed E-state index contributed by atoms with van der Waals surface area (Å²) in [6.45, 7) is 5.92. The molecule has 0 saturated carbocycles. The van der Waals surface area contributed by atoms with Crippen LogP contribution in [0.15, 0.2) is 23.6 Å². The third-order valence-electron chi connectivity index (χ3n) is 3.30. The summed E-state index contributed by atoms with van der Waals surface area (Å²) in [5.41, 5.74) is 2.99. The molecule has 0 aliphatic carbocycles. The lowest BCUT2D eigenvalue weighted by molar-refractivity contribution is -0.117. The minimum Gasteiger partial charge on any atom is -0.345 e. The van der Waals surface area contributed by atoms with Crippen LogP contribution in [0.25, 0.3) is 6.08 Å². The Kier molecular flexibility index (Phi) is 4.39. The van der Waals surface area contributed by atoms with Crippen LogP contribution in [0.1, 0.15) is 34.8 Å². The molecule has 106 valence electrons. The van der Waals surface area contributed by atoms with Gasteiger partial charge in [-0.25, -0.2) is 0 Å². The monoisotopic (exact) mass is 289 g/mol. The molecule has 0 aromatic carbocycles. The first-order valence-corrected chi connectivity index (χ1v) is 7.39. The number of nitrogens with one attached hydrogen (secondary N) is 1. The van der Waals surface area contributed by atoms with Gasteiger partial charge < -0.3 is 5.32 Å². The Morgan fingerprint density at radius 3 is 2.80 bits per heavy atom. The van der Waals surface area contributed by atoms with Crippen LogP contribution in [-0.4, -0.2) is 15.7 Å². The smallest absolute Gasteiger partial charge is 0.244 e. The van der Waals surface area contributed by atoms with Crippen molar-refractivity contribution in [2.24, 2.45) is 7.05 Å². The highest BCUT2D eigenvalue weighted by molar-refractivity contribution is 7.10. The van der Waals surface area contributed by atoms with Crippen molar-refractivity contribution < 1.29 is 4.79 Å². The zero-order valence-electron chi connectivity index (χ0n) is 12.2. The quantitative estimate of drug-likeness (QED) is 0.880. The average Bonchev–Trinajstić information content (AvgIpc) is 2.98. The summed E-state index contributed by atoms with van der Waals surface area (Å²) >= 11 is 1.64. The Morgan fingerprint density at radius 1 is 1.50 bits per heavy atom. The predicted molar refractivity (Wildman–Crippen MR) is 82.6 cm³/mol. The molecule has 2 aromatic rings. The molecule has 5 heteroatoms. The van der Waals surface area contributed by atoms with Crippen LogP contribution in [0.4, 0.5) is 0 Å². The van der Waals surface area contributed by atoms with Gasteiger partial charge in [-0.1, -0.05) is 6.07 Å². The third-order valence-corrected chi connectivity index (χ3v) is 4.35. The van der Waals surface area contributed by atoms with E-state index in [-0.39, 0.29) is 11.9 Å². The normalized spacial score (nSPS) is 12.8. The largest absolute Gasteiger partial charge is 0.345 e. The highest BCUT2D eigenvalue weighted by Crippen LogP contribution is 2.18. The zero-order valence-corrected chi connectivity index (χ0v) is 13.0. The number of hydrogen-bond donors (Lipinski definition) is 1. The van der Waals surface area contributed by atoms with E-state index in [1.165, 1.54) is 0 Å². The minimum absolute atomic E-state index is 0.0308. The van der Waals surface area contributed by atoms with Crippen molar-refractivity contribution in [1.29, 1.82) is 0 Å². The molecular weight excluding hydrogens is 270 g/mol. The van der Waals surface area contributed by atoms with E-state index in [2.05, 4.69) is 10.4 Å². The second-order valence-corrected chi connectivity index (χ2v) is 5.77. The van der Waals surface area contributed by atoms with Gasteiger partial charge in [-0.05, 0) is 38.3 Å². The van der Waals surface area contributed by atoms with Gasteiger partial charge in [0.25, 0.3) is 0 Å². The molecule has 1 unspecified atom stereocenters. The standard InChI is InChI=1S/C15H19N3OS/c1-10-13(12(3)18(4)17-10)7-8-15(19)16-11(2)14-6-5-9-20-14/h5-9,11H,1-4H3,(H,16,19)/b8-7+. The first-order valence-electron chi connectivity index (χ1n) is 6.51. The summed E-state index contributed by atoms with van der Waals surface area (Å²) in [5, 5.41) is 9.29. The van der Waals surface area contributed by atoms with Crippen molar-refractivity contribution >= 4 is 23.3 Å². The Balaban J connectivity index is 2.02. The van der Waals surface area contributed by atoms with Gasteiger partial charge >= 0.3 is 0 Å². The van der Waals surface area contributed by atoms with Crippen molar-refractivity contribution in [3.63, 3.8) is 0 Å². The second kappa shape index (κ2) is 6.05. The molecule has 0 bridgehead atoms. The summed E-state index contributed by atoms with van der Waals surface area (Å²) in [6.07, 6.45) is 3.40. The number of nitrogens with zero attached hydrogens (tertiary/aromatic N) is 2. The SMILES string of the molecule is Cc1nn(C)c(C)c1/C=C/C(=O)NC(C)c1cccs1. The average molecular weight is 289 g/mol. The summed E-state index contributed by atoms with van der Waals surface area (Å²) in [5.74, 6) is -0.0893. The fraction of sp³-hybridized carbons (Fsp3) is 0.333. The number of thiophene rings is 1. The first kappa shape index (κ1) is 14.5. The van der Waals surface area contributed by atoms with E-state index in [0.29, 0.717) is 0 Å². The molecule has 0 fully saturated rings. The number of carbonyl (C=O) groups excluding carboxylic acids is 1. The number of hydrogen-bond acceptors (Lipinski definition) is 3. The van der Waals surface area contributed by atoms with Crippen LogP contribution in [0.2, 0.25) is 0 Å². The predicted octanol–water partition coefficient (Wildman–Crippen LogP) is 2.99. The highest BCUT2D eigenvalue weighted by atomic mass is 32.1. The van der Waals surface area contributed by atoms with Crippen LogP contribution in [0.5, 0.6) is 0 Å². The van der Waals surface area contributed by atoms with Gasteiger partial charge in [0.15, 0.2) is 0 Å². The molecule has 0 spiro atoms. The molecular formula is C15H19N3OS. The van der Waals surface area contributed by atoms with E-state index < -0.39 is 0 Å². The molecule has 2 rings (SSSR count). The molecule has 2 heterocycles. The highest BCUT2D eigenvalue weighted by Gasteiger charge is 2.09. The van der Waals surface area contributed by atoms with E-state index in [1.54, 1.807) is 17.4 Å². The van der Waals surface area contributed by atoms with Gasteiger partial charge in [0.2, 0.25) is 5.91 Å². The van der Waals surface area contributed by atoms with Crippen LogP contribution >= 0.6 is 11.3 Å². The fourth-order valence-corrected chi connectivity index (χ4v) is 2.79. The van der Waals surface area contributed by atoms with Gasteiger partial charge in [-0.2, -0.15) is 5.10 Å². The van der Waals surface area contributed by atoms with E-state index in [4.69, 9.17) is 0 Å². The maximum absolute atomic E-state index is 11.9. The van der Waals surface area contributed by atoms with Crippen LogP contribution < -0.4 is 5.32 Å². The van der Waals surface area contributed by atoms with Crippen molar-refractivity contribution in [3.8, 4) is 0 Å². The molecule has 0 saturated heterocycles. The topological polar surface area (TPSA) is 46.9 Å². The number of rotatable bonds is 4. The summed E-state index contributed by atoms with van der Waals surface area (Å²) in [6, 6.07) is 4.04. The molecule has 1 amide bonds. The summed E-state index contributed by atoms with van der Waals surface area (Å²) < 4.78 is 1.82. The number of aryl methyl sites for hydroxylation is 2. The van der Waals surface area contributed by atoms with Gasteiger partial charge in [0.1, 0.15) is 0 Å². The second-order valence-electron chi connectivity index (χ2n) is 4.79. The molecule has 0 radical (unpaired) electrons. The van der Waals surface area contributed by atoms with Crippen molar-refractivity contribution in [3.05, 3.63) is 45.4 Å². The lowest BCUT2D eigenvalue weighted by atomic mass is 10.2. The number of amides is 1. The Bertz CT molecular complexity index is 626. The number of carbonyl (C=O) groups is 1. The molecule has 1 atom stereocenters. The van der Waals surface area contributed by atoms with E-state index in [1.807, 2.05) is 56.1 Å². The zero-order chi connectivity index (χ0) is 14.7. The van der Waals surface area contributed by atoms with Crippen LogP contribution in [-0.2, 0) is 11.8 Å². The fourth-order valence-electron chi connectivity index (χ4n) is 2.06. The third kappa shape index (κ3) is 3.17. The van der Waals surface area contributed by atoms with E-state index in [0.717, 1.165) is 21.8 Å². The summed E-state index contributed by atoms with van der Waals surface area (Å²) in [7, 11) is 1.90. The lowest BCUT2D eigenvalue weighted by Crippen LogP contribution is -2.23. The van der Waals surface area contributed by atoms with E-state index >= 15 is 0 Å². The minimum atomic E-state index is -0.0893. The maximum Gasteiger partial charge on any atom is 0.244 e. The van der Waals surface area contributed by atoms with Crippen molar-refractivity contribution in [2.75, 3.05) is 0 Å². The lowest BCUT2D eigenvalue weighted by Gasteiger charge is -2.09. The van der Waals surface area contributed by atoms with Crippen LogP contribution in [0.3, 0.4) is 0 Å². The number of aromatic nitrogens is 2. The van der Waals surface area contributed by atoms with Gasteiger partial charge in [-0.15, -0.1) is 11.3 Å². The Hall–Kier alpha value is -1.88. The molecule has 4 nitrogen and oxygen atoms in total. The van der Waals surface area contributed by atoms with Crippen molar-refractivity contribution in [2.45, 2.75) is 26.8 Å².